The molecule has 43 heavy (non-hydrogen) atoms. The van der Waals surface area contributed by atoms with E-state index in [2.05, 4.69) is 50.4 Å². The summed E-state index contributed by atoms with van der Waals surface area (Å²) in [6.45, 7) is 5.89. The molecule has 3 heterocycles. The number of carbonyl (C=O) groups is 1. The van der Waals surface area contributed by atoms with Crippen molar-refractivity contribution >= 4 is 11.6 Å². The average molecular weight is 579 g/mol. The summed E-state index contributed by atoms with van der Waals surface area (Å²) in [5, 5.41) is 12.4. The summed E-state index contributed by atoms with van der Waals surface area (Å²) in [4.78, 5) is 21.6. The lowest BCUT2D eigenvalue weighted by Gasteiger charge is -2.40. The highest BCUT2D eigenvalue weighted by Gasteiger charge is 2.33. The number of piperazine rings is 1. The van der Waals surface area contributed by atoms with Gasteiger partial charge in [-0.1, -0.05) is 66.7 Å². The number of carbonyl (C=O) groups excluding carboxylic acids is 1. The first-order valence-corrected chi connectivity index (χ1v) is 14.9. The zero-order valence-corrected chi connectivity index (χ0v) is 24.2. The zero-order chi connectivity index (χ0) is 29.4. The third-order valence-corrected chi connectivity index (χ3v) is 8.16. The molecule has 2 aliphatic rings. The maximum absolute atomic E-state index is 12.6. The second-order valence-electron chi connectivity index (χ2n) is 11.2. The first kappa shape index (κ1) is 29.2. The Balaban J connectivity index is 1.11. The number of benzene rings is 3. The van der Waals surface area contributed by atoms with Gasteiger partial charge in [-0.25, -0.2) is 0 Å². The fourth-order valence-electron chi connectivity index (χ4n) is 5.72. The molecule has 0 bridgehead atoms. The van der Waals surface area contributed by atoms with Crippen molar-refractivity contribution in [3.63, 3.8) is 0 Å². The van der Waals surface area contributed by atoms with Crippen LogP contribution in [0.4, 0.5) is 5.69 Å². The van der Waals surface area contributed by atoms with Gasteiger partial charge in [0.25, 0.3) is 5.91 Å². The van der Waals surface area contributed by atoms with E-state index in [0.29, 0.717) is 11.3 Å². The Morgan fingerprint density at radius 3 is 2.23 bits per heavy atom. The van der Waals surface area contributed by atoms with Gasteiger partial charge >= 0.3 is 0 Å². The number of hydrogen-bond acceptors (Lipinski definition) is 7. The smallest absolute Gasteiger partial charge is 0.257 e. The van der Waals surface area contributed by atoms with E-state index in [-0.39, 0.29) is 24.7 Å². The van der Waals surface area contributed by atoms with Crippen molar-refractivity contribution in [1.82, 2.24) is 14.8 Å². The number of hydrogen-bond donors (Lipinski definition) is 2. The van der Waals surface area contributed by atoms with Crippen LogP contribution in [0.3, 0.4) is 0 Å². The molecule has 3 aromatic carbocycles. The summed E-state index contributed by atoms with van der Waals surface area (Å²) in [6.07, 6.45) is 3.25. The number of amides is 1. The van der Waals surface area contributed by atoms with Gasteiger partial charge in [0, 0.05) is 69.3 Å². The topological polar surface area (TPSA) is 87.2 Å². The highest BCUT2D eigenvalue weighted by molar-refractivity contribution is 6.04. The van der Waals surface area contributed by atoms with E-state index < -0.39 is 6.29 Å². The van der Waals surface area contributed by atoms with Gasteiger partial charge in [-0.3, -0.25) is 19.6 Å². The molecular weight excluding hydrogens is 540 g/mol. The molecule has 8 nitrogen and oxygen atoms in total. The predicted octanol–water partition coefficient (Wildman–Crippen LogP) is 5.19. The maximum atomic E-state index is 12.6. The molecule has 0 radical (unpaired) electrons. The third kappa shape index (κ3) is 7.73. The van der Waals surface area contributed by atoms with Gasteiger partial charge in [0.15, 0.2) is 6.29 Å². The Bertz CT molecular complexity index is 1440. The van der Waals surface area contributed by atoms with Crippen molar-refractivity contribution in [2.45, 2.75) is 38.1 Å². The molecule has 0 aliphatic carbocycles. The number of pyridine rings is 1. The first-order valence-electron chi connectivity index (χ1n) is 14.9. The summed E-state index contributed by atoms with van der Waals surface area (Å²) in [5.41, 5.74) is 5.39. The molecule has 4 aromatic rings. The van der Waals surface area contributed by atoms with E-state index in [1.165, 1.54) is 5.56 Å². The molecule has 3 atom stereocenters. The fourth-order valence-corrected chi connectivity index (χ4v) is 5.72. The summed E-state index contributed by atoms with van der Waals surface area (Å²) in [5.74, 6) is -0.207. The Kier molecular flexibility index (Phi) is 9.52. The summed E-state index contributed by atoms with van der Waals surface area (Å²) in [6, 6.07) is 29.7. The van der Waals surface area contributed by atoms with Crippen LogP contribution in [0.2, 0.25) is 0 Å². The number of aromatic nitrogens is 1. The minimum atomic E-state index is -0.538. The van der Waals surface area contributed by atoms with Crippen LogP contribution in [-0.2, 0) is 22.6 Å². The van der Waals surface area contributed by atoms with Gasteiger partial charge in [0.2, 0.25) is 0 Å². The first-order chi connectivity index (χ1) is 21.1. The molecule has 2 aliphatic heterocycles. The lowest BCUT2D eigenvalue weighted by molar-refractivity contribution is -0.253. The molecule has 1 aromatic heterocycles. The van der Waals surface area contributed by atoms with Crippen LogP contribution >= 0.6 is 0 Å². The fraction of sp³-hybridized carbons (Fsp3) is 0.314. The average Bonchev–Trinajstić information content (AvgIpc) is 3.07. The summed E-state index contributed by atoms with van der Waals surface area (Å²) >= 11 is 0. The van der Waals surface area contributed by atoms with E-state index in [4.69, 9.17) is 9.47 Å². The normalized spacial score (nSPS) is 21.4. The molecule has 2 saturated heterocycles. The second kappa shape index (κ2) is 14.0. The second-order valence-corrected chi connectivity index (χ2v) is 11.2. The molecular formula is C35H38N4O4. The van der Waals surface area contributed by atoms with Crippen LogP contribution in [-0.4, -0.2) is 64.6 Å². The van der Waals surface area contributed by atoms with Gasteiger partial charge in [0.1, 0.15) is 0 Å². The van der Waals surface area contributed by atoms with Gasteiger partial charge in [-0.2, -0.15) is 0 Å². The molecule has 6 rings (SSSR count). The number of rotatable bonds is 9. The van der Waals surface area contributed by atoms with E-state index in [0.717, 1.165) is 62.4 Å². The molecule has 0 spiro atoms. The number of anilines is 1. The van der Waals surface area contributed by atoms with Crippen molar-refractivity contribution < 1.29 is 19.4 Å². The standard InChI is InChI=1S/C35H38N4O4/c40-25-27-8-10-28(11-9-27)33-21-32(24-39-19-17-38(18-20-39)23-26-5-2-1-3-6-26)42-35(43-33)29-12-14-31(15-13-29)37-34(41)30-7-4-16-36-22-30/h1-16,22,32-33,35,40H,17-21,23-25H2,(H,37,41). The number of nitrogens with one attached hydrogen (secondary N) is 1. The lowest BCUT2D eigenvalue weighted by Crippen LogP contribution is -2.49. The molecule has 2 N–H and O–H groups in total. The van der Waals surface area contributed by atoms with Crippen molar-refractivity contribution in [1.29, 1.82) is 0 Å². The van der Waals surface area contributed by atoms with Gasteiger partial charge < -0.3 is 19.9 Å². The highest BCUT2D eigenvalue weighted by atomic mass is 16.7. The van der Waals surface area contributed by atoms with E-state index >= 15 is 0 Å². The molecule has 2 fully saturated rings. The Labute approximate surface area is 252 Å². The van der Waals surface area contributed by atoms with Crippen LogP contribution in [0.25, 0.3) is 0 Å². The Morgan fingerprint density at radius 1 is 0.814 bits per heavy atom. The highest BCUT2D eigenvalue weighted by Crippen LogP contribution is 2.38. The SMILES string of the molecule is O=C(Nc1ccc(C2OC(CN3CCN(Cc4ccccc4)CC3)CC(c3ccc(CO)cc3)O2)cc1)c1cccnc1. The van der Waals surface area contributed by atoms with Crippen molar-refractivity contribution in [2.24, 2.45) is 0 Å². The Hall–Kier alpha value is -3.92. The number of nitrogens with zero attached hydrogens (tertiary/aromatic N) is 3. The van der Waals surface area contributed by atoms with Gasteiger partial charge in [-0.15, -0.1) is 0 Å². The van der Waals surface area contributed by atoms with Crippen LogP contribution in [0.5, 0.6) is 0 Å². The minimum Gasteiger partial charge on any atom is -0.392 e. The zero-order valence-electron chi connectivity index (χ0n) is 24.2. The maximum Gasteiger partial charge on any atom is 0.257 e. The number of aliphatic hydroxyl groups excluding tert-OH is 1. The largest absolute Gasteiger partial charge is 0.392 e. The third-order valence-electron chi connectivity index (χ3n) is 8.16. The van der Waals surface area contributed by atoms with Crippen molar-refractivity contribution in [2.75, 3.05) is 38.0 Å². The van der Waals surface area contributed by atoms with Crippen LogP contribution in [0.1, 0.15) is 51.4 Å². The summed E-state index contributed by atoms with van der Waals surface area (Å²) in [7, 11) is 0. The Morgan fingerprint density at radius 2 is 1.53 bits per heavy atom. The summed E-state index contributed by atoms with van der Waals surface area (Å²) < 4.78 is 13.1. The van der Waals surface area contributed by atoms with Crippen LogP contribution < -0.4 is 5.32 Å². The van der Waals surface area contributed by atoms with E-state index in [1.54, 1.807) is 24.5 Å². The minimum absolute atomic E-state index is 0.00750. The molecule has 0 saturated carbocycles. The molecule has 3 unspecified atom stereocenters. The molecule has 8 heteroatoms. The number of ether oxygens (including phenoxy) is 2. The van der Waals surface area contributed by atoms with Crippen LogP contribution in [0.15, 0.2) is 103 Å². The van der Waals surface area contributed by atoms with Gasteiger partial charge in [0.05, 0.1) is 24.4 Å². The van der Waals surface area contributed by atoms with Crippen molar-refractivity contribution in [3.05, 3.63) is 131 Å². The van der Waals surface area contributed by atoms with Gasteiger partial charge in [-0.05, 0) is 41.0 Å². The molecule has 1 amide bonds. The number of aliphatic hydroxyl groups is 1. The van der Waals surface area contributed by atoms with Crippen molar-refractivity contribution in [3.8, 4) is 0 Å². The van der Waals surface area contributed by atoms with Crippen LogP contribution in [0, 0.1) is 0 Å². The monoisotopic (exact) mass is 578 g/mol. The van der Waals surface area contributed by atoms with E-state index in [9.17, 15) is 9.90 Å². The quantitative estimate of drug-likeness (QED) is 0.283. The van der Waals surface area contributed by atoms with E-state index in [1.807, 2.05) is 48.5 Å². The lowest BCUT2D eigenvalue weighted by atomic mass is 9.99. The predicted molar refractivity (Wildman–Crippen MR) is 165 cm³/mol. The molecule has 222 valence electrons.